The minimum Gasteiger partial charge on any atom is -0.388 e. The minimum absolute atomic E-state index is 0.0599. The van der Waals surface area contributed by atoms with E-state index in [1.807, 2.05) is 6.92 Å². The molecule has 1 aliphatic rings. The highest BCUT2D eigenvalue weighted by Crippen LogP contribution is 2.30. The van der Waals surface area contributed by atoms with Crippen LogP contribution in [0.4, 0.5) is 0 Å². The Morgan fingerprint density at radius 3 is 2.85 bits per heavy atom. The second kappa shape index (κ2) is 3.50. The molecule has 0 aromatic carbocycles. The predicted octanol–water partition coefficient (Wildman–Crippen LogP) is 1.80. The van der Waals surface area contributed by atoms with Gasteiger partial charge < -0.3 is 9.67 Å². The molecule has 1 fully saturated rings. The van der Waals surface area contributed by atoms with Gasteiger partial charge in [0, 0.05) is 12.2 Å². The smallest absolute Gasteiger partial charge is 0.135 e. The van der Waals surface area contributed by atoms with Crippen LogP contribution in [0.1, 0.15) is 43.2 Å². The number of aryl methyl sites for hydroxylation is 1. The Balaban J connectivity index is 2.26. The average Bonchev–Trinajstić information content (AvgIpc) is 2.71. The third-order valence-corrected chi connectivity index (χ3v) is 2.79. The summed E-state index contributed by atoms with van der Waals surface area (Å²) >= 11 is 0. The Labute approximate surface area is 78.4 Å². The molecule has 0 atom stereocenters. The van der Waals surface area contributed by atoms with Gasteiger partial charge in [-0.25, -0.2) is 4.98 Å². The van der Waals surface area contributed by atoms with Crippen LogP contribution >= 0.6 is 0 Å². The third kappa shape index (κ3) is 1.61. The number of imidazole rings is 1. The second-order valence-electron chi connectivity index (χ2n) is 3.80. The molecule has 2 rings (SSSR count). The Morgan fingerprint density at radius 2 is 2.23 bits per heavy atom. The Morgan fingerprint density at radius 1 is 1.54 bits per heavy atom. The quantitative estimate of drug-likeness (QED) is 0.753. The van der Waals surface area contributed by atoms with Crippen molar-refractivity contribution in [2.24, 2.45) is 0 Å². The molecular weight excluding hydrogens is 164 g/mol. The van der Waals surface area contributed by atoms with Crippen LogP contribution in [0.25, 0.3) is 0 Å². The maximum absolute atomic E-state index is 9.11. The maximum atomic E-state index is 9.11. The van der Waals surface area contributed by atoms with Crippen LogP contribution < -0.4 is 0 Å². The fourth-order valence-electron chi connectivity index (χ4n) is 2.18. The Kier molecular flexibility index (Phi) is 2.36. The molecule has 72 valence electrons. The van der Waals surface area contributed by atoms with Crippen molar-refractivity contribution in [2.75, 3.05) is 0 Å². The van der Waals surface area contributed by atoms with Crippen molar-refractivity contribution < 1.29 is 5.11 Å². The van der Waals surface area contributed by atoms with E-state index in [4.69, 9.17) is 5.11 Å². The number of nitrogens with zero attached hydrogens (tertiary/aromatic N) is 2. The molecule has 3 heteroatoms. The van der Waals surface area contributed by atoms with Gasteiger partial charge in [0.15, 0.2) is 0 Å². The van der Waals surface area contributed by atoms with Crippen LogP contribution in [0.2, 0.25) is 0 Å². The normalized spacial score (nSPS) is 18.3. The fourth-order valence-corrected chi connectivity index (χ4v) is 2.18. The summed E-state index contributed by atoms with van der Waals surface area (Å²) in [4.78, 5) is 4.29. The Hall–Kier alpha value is -0.830. The van der Waals surface area contributed by atoms with Gasteiger partial charge in [-0.15, -0.1) is 0 Å². The van der Waals surface area contributed by atoms with E-state index in [0.29, 0.717) is 6.04 Å². The monoisotopic (exact) mass is 180 g/mol. The highest BCUT2D eigenvalue weighted by molar-refractivity contribution is 5.03. The van der Waals surface area contributed by atoms with Gasteiger partial charge >= 0.3 is 0 Å². The van der Waals surface area contributed by atoms with Crippen LogP contribution in [-0.4, -0.2) is 14.7 Å². The van der Waals surface area contributed by atoms with Gasteiger partial charge in [0.1, 0.15) is 12.4 Å². The van der Waals surface area contributed by atoms with E-state index in [0.717, 1.165) is 11.5 Å². The van der Waals surface area contributed by atoms with Crippen molar-refractivity contribution >= 4 is 0 Å². The van der Waals surface area contributed by atoms with E-state index >= 15 is 0 Å². The second-order valence-corrected chi connectivity index (χ2v) is 3.80. The van der Waals surface area contributed by atoms with E-state index < -0.39 is 0 Å². The first-order chi connectivity index (χ1) is 6.31. The summed E-state index contributed by atoms with van der Waals surface area (Å²) < 4.78 is 2.16. The average molecular weight is 180 g/mol. The molecule has 1 heterocycles. The van der Waals surface area contributed by atoms with Crippen molar-refractivity contribution in [1.29, 1.82) is 0 Å². The van der Waals surface area contributed by atoms with Crippen LogP contribution in [0.5, 0.6) is 0 Å². The number of aliphatic hydroxyl groups excluding tert-OH is 1. The molecule has 0 radical (unpaired) electrons. The van der Waals surface area contributed by atoms with Crippen LogP contribution in [0.3, 0.4) is 0 Å². The van der Waals surface area contributed by atoms with E-state index in [1.165, 1.54) is 25.7 Å². The van der Waals surface area contributed by atoms with Crippen LogP contribution in [0.15, 0.2) is 6.20 Å². The lowest BCUT2D eigenvalue weighted by molar-refractivity contribution is 0.260. The van der Waals surface area contributed by atoms with Gasteiger partial charge in [-0.05, 0) is 19.8 Å². The summed E-state index contributed by atoms with van der Waals surface area (Å²) in [6, 6.07) is 0.586. The van der Waals surface area contributed by atoms with Gasteiger partial charge in [-0.3, -0.25) is 0 Å². The summed E-state index contributed by atoms with van der Waals surface area (Å²) in [6.07, 6.45) is 7.16. The fraction of sp³-hybridized carbons (Fsp3) is 0.700. The molecule has 0 unspecified atom stereocenters. The summed E-state index contributed by atoms with van der Waals surface area (Å²) in [5, 5.41) is 9.11. The zero-order valence-corrected chi connectivity index (χ0v) is 8.03. The van der Waals surface area contributed by atoms with Gasteiger partial charge in [-0.2, -0.15) is 0 Å². The maximum Gasteiger partial charge on any atom is 0.135 e. The minimum atomic E-state index is 0.0599. The summed E-state index contributed by atoms with van der Waals surface area (Å²) in [7, 11) is 0. The lowest BCUT2D eigenvalue weighted by atomic mass is 10.2. The highest BCUT2D eigenvalue weighted by Gasteiger charge is 2.19. The topological polar surface area (TPSA) is 38.0 Å². The van der Waals surface area contributed by atoms with E-state index in [1.54, 1.807) is 0 Å². The molecule has 1 aliphatic carbocycles. The van der Waals surface area contributed by atoms with E-state index in [2.05, 4.69) is 15.7 Å². The number of hydrogen-bond acceptors (Lipinski definition) is 2. The van der Waals surface area contributed by atoms with Crippen LogP contribution in [-0.2, 0) is 6.61 Å². The third-order valence-electron chi connectivity index (χ3n) is 2.79. The van der Waals surface area contributed by atoms with Crippen molar-refractivity contribution in [3.05, 3.63) is 17.7 Å². The molecule has 1 aromatic heterocycles. The van der Waals surface area contributed by atoms with Gasteiger partial charge in [0.05, 0.1) is 5.69 Å². The first-order valence-corrected chi connectivity index (χ1v) is 4.96. The van der Waals surface area contributed by atoms with E-state index in [9.17, 15) is 0 Å². The summed E-state index contributed by atoms with van der Waals surface area (Å²) in [5.74, 6) is 0.824. The zero-order valence-electron chi connectivity index (χ0n) is 8.03. The molecule has 3 nitrogen and oxygen atoms in total. The molecule has 1 aromatic rings. The lowest BCUT2D eigenvalue weighted by Crippen LogP contribution is -2.07. The predicted molar refractivity (Wildman–Crippen MR) is 50.4 cm³/mol. The molecule has 0 saturated heterocycles. The zero-order chi connectivity index (χ0) is 9.26. The first-order valence-electron chi connectivity index (χ1n) is 4.96. The number of rotatable bonds is 2. The molecule has 0 aliphatic heterocycles. The number of aromatic nitrogens is 2. The SMILES string of the molecule is Cc1cn(C2CCCC2)c(CO)n1. The summed E-state index contributed by atoms with van der Waals surface area (Å²) in [5.41, 5.74) is 1.01. The molecule has 0 bridgehead atoms. The molecule has 1 N–H and O–H groups in total. The van der Waals surface area contributed by atoms with Crippen LogP contribution in [0, 0.1) is 6.92 Å². The molecule has 13 heavy (non-hydrogen) atoms. The van der Waals surface area contributed by atoms with E-state index in [-0.39, 0.29) is 6.61 Å². The lowest BCUT2D eigenvalue weighted by Gasteiger charge is -2.13. The van der Waals surface area contributed by atoms with Gasteiger partial charge in [-0.1, -0.05) is 12.8 Å². The standard InChI is InChI=1S/C10H16N2O/c1-8-6-12(10(7-13)11-8)9-4-2-3-5-9/h6,9,13H,2-5,7H2,1H3. The van der Waals surface area contributed by atoms with Crippen molar-refractivity contribution in [2.45, 2.75) is 45.3 Å². The van der Waals surface area contributed by atoms with Gasteiger partial charge in [0.25, 0.3) is 0 Å². The van der Waals surface area contributed by atoms with Crippen molar-refractivity contribution in [3.8, 4) is 0 Å². The number of aliphatic hydroxyl groups is 1. The molecule has 1 saturated carbocycles. The Bertz CT molecular complexity index is 287. The largest absolute Gasteiger partial charge is 0.388 e. The van der Waals surface area contributed by atoms with Crippen molar-refractivity contribution in [1.82, 2.24) is 9.55 Å². The van der Waals surface area contributed by atoms with Gasteiger partial charge in [0.2, 0.25) is 0 Å². The molecular formula is C10H16N2O. The summed E-state index contributed by atoms with van der Waals surface area (Å²) in [6.45, 7) is 2.04. The van der Waals surface area contributed by atoms with Crippen molar-refractivity contribution in [3.63, 3.8) is 0 Å². The molecule has 0 amide bonds. The molecule has 0 spiro atoms. The first kappa shape index (κ1) is 8.75. The highest BCUT2D eigenvalue weighted by atomic mass is 16.3. The number of hydrogen-bond donors (Lipinski definition) is 1.